The SMILES string of the molecule is CCCCC(CC)CC(=O)C1(OCC)c2ccccc2-c2cccc(C)c21. The topological polar surface area (TPSA) is 26.3 Å². The van der Waals surface area contributed by atoms with Crippen molar-refractivity contribution in [2.75, 3.05) is 6.61 Å². The summed E-state index contributed by atoms with van der Waals surface area (Å²) >= 11 is 0. The van der Waals surface area contributed by atoms with Crippen LogP contribution >= 0.6 is 0 Å². The monoisotopic (exact) mass is 364 g/mol. The van der Waals surface area contributed by atoms with E-state index in [1.807, 2.05) is 19.1 Å². The third kappa shape index (κ3) is 3.36. The van der Waals surface area contributed by atoms with Crippen LogP contribution < -0.4 is 0 Å². The van der Waals surface area contributed by atoms with Crippen LogP contribution in [0.15, 0.2) is 42.5 Å². The summed E-state index contributed by atoms with van der Waals surface area (Å²) < 4.78 is 6.39. The minimum absolute atomic E-state index is 0.216. The molecular formula is C25H32O2. The molecule has 1 aliphatic carbocycles. The van der Waals surface area contributed by atoms with Crippen molar-refractivity contribution in [2.45, 2.75) is 65.4 Å². The minimum Gasteiger partial charge on any atom is -0.358 e. The number of carbonyl (C=O) groups is 1. The van der Waals surface area contributed by atoms with E-state index in [0.29, 0.717) is 18.9 Å². The molecule has 0 aromatic heterocycles. The van der Waals surface area contributed by atoms with Gasteiger partial charge < -0.3 is 4.74 Å². The third-order valence-electron chi connectivity index (χ3n) is 5.99. The predicted octanol–water partition coefficient (Wildman–Crippen LogP) is 6.43. The van der Waals surface area contributed by atoms with Crippen molar-refractivity contribution in [3.05, 3.63) is 59.2 Å². The first-order valence-electron chi connectivity index (χ1n) is 10.5. The minimum atomic E-state index is -0.953. The van der Waals surface area contributed by atoms with Gasteiger partial charge in [-0.25, -0.2) is 0 Å². The van der Waals surface area contributed by atoms with E-state index in [0.717, 1.165) is 40.7 Å². The summed E-state index contributed by atoms with van der Waals surface area (Å²) in [7, 11) is 0. The highest BCUT2D eigenvalue weighted by atomic mass is 16.5. The summed E-state index contributed by atoms with van der Waals surface area (Å²) in [4.78, 5) is 13.8. The number of hydrogen-bond donors (Lipinski definition) is 0. The van der Waals surface area contributed by atoms with Crippen molar-refractivity contribution in [3.8, 4) is 11.1 Å². The number of unbranched alkanes of at least 4 members (excludes halogenated alkanes) is 1. The summed E-state index contributed by atoms with van der Waals surface area (Å²) in [6.45, 7) is 9.01. The van der Waals surface area contributed by atoms with Gasteiger partial charge in [0.05, 0.1) is 0 Å². The van der Waals surface area contributed by atoms with Gasteiger partial charge in [0.15, 0.2) is 11.4 Å². The summed E-state index contributed by atoms with van der Waals surface area (Å²) in [6, 6.07) is 14.6. The fourth-order valence-electron chi connectivity index (χ4n) is 4.60. The smallest absolute Gasteiger partial charge is 0.177 e. The Kier molecular flexibility index (Phi) is 6.16. The molecule has 2 aromatic rings. The molecule has 2 heteroatoms. The molecule has 3 rings (SSSR count). The van der Waals surface area contributed by atoms with Crippen LogP contribution in [0.4, 0.5) is 0 Å². The molecule has 2 aromatic carbocycles. The number of ether oxygens (including phenoxy) is 1. The van der Waals surface area contributed by atoms with Gasteiger partial charge in [0.25, 0.3) is 0 Å². The van der Waals surface area contributed by atoms with Crippen LogP contribution in [0.1, 0.15) is 69.6 Å². The van der Waals surface area contributed by atoms with Crippen LogP contribution in [0.25, 0.3) is 11.1 Å². The molecule has 0 radical (unpaired) electrons. The molecule has 2 nitrogen and oxygen atoms in total. The van der Waals surface area contributed by atoms with Gasteiger partial charge in [-0.2, -0.15) is 0 Å². The largest absolute Gasteiger partial charge is 0.358 e. The lowest BCUT2D eigenvalue weighted by Crippen LogP contribution is -2.40. The normalized spacial score (nSPS) is 18.8. The van der Waals surface area contributed by atoms with Crippen molar-refractivity contribution in [1.29, 1.82) is 0 Å². The van der Waals surface area contributed by atoms with Crippen molar-refractivity contribution in [2.24, 2.45) is 5.92 Å². The predicted molar refractivity (Wildman–Crippen MR) is 112 cm³/mol. The van der Waals surface area contributed by atoms with Crippen LogP contribution in [-0.2, 0) is 15.1 Å². The summed E-state index contributed by atoms with van der Waals surface area (Å²) in [5.41, 5.74) is 4.54. The molecule has 0 aliphatic heterocycles. The molecule has 0 bridgehead atoms. The number of hydrogen-bond acceptors (Lipinski definition) is 2. The fraction of sp³-hybridized carbons (Fsp3) is 0.480. The van der Waals surface area contributed by atoms with Gasteiger partial charge in [-0.1, -0.05) is 82.0 Å². The second kappa shape index (κ2) is 8.39. The molecule has 0 saturated carbocycles. The number of Topliss-reactive ketones (excluding diaryl/α,β-unsaturated/α-hetero) is 1. The van der Waals surface area contributed by atoms with Crippen LogP contribution in [0, 0.1) is 12.8 Å². The second-order valence-electron chi connectivity index (χ2n) is 7.70. The molecule has 1 aliphatic rings. The van der Waals surface area contributed by atoms with E-state index in [1.165, 1.54) is 12.8 Å². The molecule has 0 fully saturated rings. The summed E-state index contributed by atoms with van der Waals surface area (Å²) in [5, 5.41) is 0. The number of ketones is 1. The zero-order chi connectivity index (χ0) is 19.4. The first kappa shape index (κ1) is 19.8. The average molecular weight is 365 g/mol. The van der Waals surface area contributed by atoms with Gasteiger partial charge in [-0.15, -0.1) is 0 Å². The highest BCUT2D eigenvalue weighted by Crippen LogP contribution is 2.52. The van der Waals surface area contributed by atoms with E-state index in [-0.39, 0.29) is 5.78 Å². The lowest BCUT2D eigenvalue weighted by atomic mass is 9.79. The van der Waals surface area contributed by atoms with Crippen LogP contribution in [0.3, 0.4) is 0 Å². The highest BCUT2D eigenvalue weighted by molar-refractivity contribution is 6.01. The van der Waals surface area contributed by atoms with Crippen LogP contribution in [0.5, 0.6) is 0 Å². The number of benzene rings is 2. The lowest BCUT2D eigenvalue weighted by Gasteiger charge is -2.32. The molecule has 0 amide bonds. The van der Waals surface area contributed by atoms with Gasteiger partial charge in [0.2, 0.25) is 0 Å². The van der Waals surface area contributed by atoms with Crippen molar-refractivity contribution < 1.29 is 9.53 Å². The molecular weight excluding hydrogens is 332 g/mol. The van der Waals surface area contributed by atoms with E-state index in [2.05, 4.69) is 51.1 Å². The Morgan fingerprint density at radius 2 is 1.78 bits per heavy atom. The van der Waals surface area contributed by atoms with Crippen LogP contribution in [-0.4, -0.2) is 12.4 Å². The van der Waals surface area contributed by atoms with Crippen molar-refractivity contribution in [3.63, 3.8) is 0 Å². The second-order valence-corrected chi connectivity index (χ2v) is 7.70. The zero-order valence-electron chi connectivity index (χ0n) is 17.2. The Balaban J connectivity index is 2.12. The maximum atomic E-state index is 13.8. The first-order chi connectivity index (χ1) is 13.1. The van der Waals surface area contributed by atoms with E-state index >= 15 is 0 Å². The van der Waals surface area contributed by atoms with Gasteiger partial charge in [-0.3, -0.25) is 4.79 Å². The zero-order valence-corrected chi connectivity index (χ0v) is 17.2. The number of aryl methyl sites for hydroxylation is 1. The Morgan fingerprint density at radius 3 is 2.48 bits per heavy atom. The first-order valence-corrected chi connectivity index (χ1v) is 10.5. The Hall–Kier alpha value is -1.93. The van der Waals surface area contributed by atoms with E-state index in [1.54, 1.807) is 0 Å². The molecule has 0 N–H and O–H groups in total. The molecule has 27 heavy (non-hydrogen) atoms. The quantitative estimate of drug-likeness (QED) is 0.512. The third-order valence-corrected chi connectivity index (χ3v) is 5.99. The van der Waals surface area contributed by atoms with Gasteiger partial charge >= 0.3 is 0 Å². The Bertz CT molecular complexity index is 808. The van der Waals surface area contributed by atoms with Crippen LogP contribution in [0.2, 0.25) is 0 Å². The molecule has 0 saturated heterocycles. The lowest BCUT2D eigenvalue weighted by molar-refractivity contribution is -0.141. The summed E-state index contributed by atoms with van der Waals surface area (Å²) in [6.07, 6.45) is 5.09. The van der Waals surface area contributed by atoms with Crippen molar-refractivity contribution >= 4 is 5.78 Å². The fourth-order valence-corrected chi connectivity index (χ4v) is 4.60. The van der Waals surface area contributed by atoms with E-state index < -0.39 is 5.60 Å². The van der Waals surface area contributed by atoms with Crippen molar-refractivity contribution in [1.82, 2.24) is 0 Å². The molecule has 2 unspecified atom stereocenters. The molecule has 2 atom stereocenters. The molecule has 144 valence electrons. The van der Waals surface area contributed by atoms with Gasteiger partial charge in [-0.05, 0) is 36.5 Å². The number of rotatable bonds is 9. The number of carbonyl (C=O) groups excluding carboxylic acids is 1. The average Bonchev–Trinajstić information content (AvgIpc) is 2.98. The molecule has 0 spiro atoms. The highest BCUT2D eigenvalue weighted by Gasteiger charge is 2.50. The number of fused-ring (bicyclic) bond motifs is 3. The van der Waals surface area contributed by atoms with E-state index in [9.17, 15) is 4.79 Å². The standard InChI is InChI=1S/C25H32O2/c1-5-8-13-19(6-2)17-23(26)25(27-7-3)22-16-10-9-14-20(22)21-15-11-12-18(4)24(21)25/h9-12,14-16,19H,5-8,13,17H2,1-4H3. The van der Waals surface area contributed by atoms with E-state index in [4.69, 9.17) is 4.74 Å². The Morgan fingerprint density at radius 1 is 1.04 bits per heavy atom. The summed E-state index contributed by atoms with van der Waals surface area (Å²) in [5.74, 6) is 0.641. The van der Waals surface area contributed by atoms with Gasteiger partial charge in [0.1, 0.15) is 0 Å². The van der Waals surface area contributed by atoms with Gasteiger partial charge in [0, 0.05) is 24.2 Å². The maximum absolute atomic E-state index is 13.8. The molecule has 0 heterocycles. The maximum Gasteiger partial charge on any atom is 0.177 e. The Labute approximate surface area is 164 Å².